The number of ether oxygens (including phenoxy) is 2. The second-order valence-electron chi connectivity index (χ2n) is 19.6. The normalized spacial score (nSPS) is 19.7. The minimum absolute atomic E-state index is 0.0576. The Morgan fingerprint density at radius 1 is 0.761 bits per heavy atom. The molecule has 0 spiro atoms. The number of likely N-dealkylation sites (tertiary alicyclic amines) is 2. The molecule has 7 aromatic rings. The Bertz CT molecular complexity index is 3010. The zero-order chi connectivity index (χ0) is 47.3. The number of nitrogens with zero attached hydrogens (tertiary/aromatic N) is 4. The van der Waals surface area contributed by atoms with Crippen molar-refractivity contribution in [1.82, 2.24) is 40.4 Å². The van der Waals surface area contributed by atoms with Gasteiger partial charge in [-0.1, -0.05) is 87.5 Å². The maximum atomic E-state index is 14.6. The first-order valence-corrected chi connectivity index (χ1v) is 23.0. The van der Waals surface area contributed by atoms with E-state index in [0.717, 1.165) is 61.2 Å². The molecule has 0 saturated carbocycles. The molecule has 0 bridgehead atoms. The van der Waals surface area contributed by atoms with Crippen molar-refractivity contribution in [3.63, 3.8) is 0 Å². The number of methoxy groups -OCH3 is 1. The van der Waals surface area contributed by atoms with E-state index in [4.69, 9.17) is 19.4 Å². The number of carboxylic acid groups (broad SMARTS) is 1. The van der Waals surface area contributed by atoms with Gasteiger partial charge >= 0.3 is 12.2 Å². The highest BCUT2D eigenvalue weighted by Gasteiger charge is 2.42. The van der Waals surface area contributed by atoms with Crippen LogP contribution in [0.2, 0.25) is 0 Å². The van der Waals surface area contributed by atoms with Crippen LogP contribution in [0.1, 0.15) is 89.7 Å². The highest BCUT2D eigenvalue weighted by atomic mass is 16.6. The molecule has 0 aliphatic carbocycles. The Balaban J connectivity index is 0.992. The molecule has 2 aliphatic heterocycles. The van der Waals surface area contributed by atoms with E-state index in [1.807, 2.05) is 61.2 Å². The summed E-state index contributed by atoms with van der Waals surface area (Å²) in [6, 6.07) is 27.6. The predicted molar refractivity (Wildman–Crippen MR) is 257 cm³/mol. The second kappa shape index (κ2) is 18.0. The lowest BCUT2D eigenvalue weighted by Crippen LogP contribution is -2.50. The van der Waals surface area contributed by atoms with Crippen LogP contribution in [-0.2, 0) is 19.1 Å². The van der Waals surface area contributed by atoms with Crippen LogP contribution in [-0.4, -0.2) is 97.3 Å². The van der Waals surface area contributed by atoms with Crippen molar-refractivity contribution in [2.75, 3.05) is 26.8 Å². The fourth-order valence-electron chi connectivity index (χ4n) is 10.0. The number of carbonyl (C=O) groups is 4. The van der Waals surface area contributed by atoms with Gasteiger partial charge in [0.25, 0.3) is 5.91 Å². The molecular formula is C52H58N8O7. The third kappa shape index (κ3) is 9.12. The Morgan fingerprint density at radius 3 is 1.87 bits per heavy atom. The quantitative estimate of drug-likeness (QED) is 0.0840. The van der Waals surface area contributed by atoms with Crippen LogP contribution in [0.3, 0.4) is 0 Å². The van der Waals surface area contributed by atoms with E-state index in [1.165, 1.54) is 0 Å². The largest absolute Gasteiger partial charge is 0.465 e. The number of imidazole rings is 2. The van der Waals surface area contributed by atoms with Crippen LogP contribution >= 0.6 is 0 Å². The Labute approximate surface area is 388 Å². The summed E-state index contributed by atoms with van der Waals surface area (Å²) in [5.74, 6) is 0.938. The summed E-state index contributed by atoms with van der Waals surface area (Å²) < 4.78 is 11.2. The molecule has 0 radical (unpaired) electrons. The van der Waals surface area contributed by atoms with Crippen LogP contribution in [0, 0.1) is 17.8 Å². The molecule has 6 atom stereocenters. The topological polar surface area (TPSA) is 195 Å². The molecule has 2 aliphatic rings. The number of H-pyrrole nitrogens is 2. The number of hydrogen-bond acceptors (Lipinski definition) is 8. The fraction of sp³-hybridized carbons (Fsp3) is 0.385. The fourth-order valence-corrected chi connectivity index (χ4v) is 10.0. The highest BCUT2D eigenvalue weighted by molar-refractivity contribution is 6.07. The van der Waals surface area contributed by atoms with E-state index in [9.17, 15) is 24.3 Å². The standard InChI is InChI=1S/C52H58N8O7/c1-28(2)42(57-50(63)64)48(61)59-25-29(3)21-40(59)46-53-38-19-15-34-23-32(13-17-36(34)44(38)55-46)33-14-18-37-35(24-33)16-20-39-45(37)56-47(54-39)41-22-30(27-66-7)26-60(41)49(62)43(31-11-9-8-10-12-31)58-51(65)67-52(4,5)6/h8-20,23-24,28-30,40-43,57H,21-22,25-27H2,1-7H3,(H,53,55)(H,54,56)(H,58,65)(H,63,64)/t29-,30-,40-,41-,42-,43+/m0/s1. The van der Waals surface area contributed by atoms with Crippen molar-refractivity contribution in [1.29, 1.82) is 0 Å². The average Bonchev–Trinajstić information content (AvgIpc) is 4.11. The maximum Gasteiger partial charge on any atom is 0.408 e. The lowest BCUT2D eigenvalue weighted by molar-refractivity contribution is -0.136. The zero-order valence-electron chi connectivity index (χ0n) is 38.9. The van der Waals surface area contributed by atoms with Crippen molar-refractivity contribution in [3.05, 3.63) is 108 Å². The number of rotatable bonds is 11. The number of fused-ring (bicyclic) bond motifs is 6. The lowest BCUT2D eigenvalue weighted by atomic mass is 9.98. The monoisotopic (exact) mass is 906 g/mol. The number of hydrogen-bond donors (Lipinski definition) is 5. The van der Waals surface area contributed by atoms with E-state index >= 15 is 0 Å². The Hall–Kier alpha value is -7.00. The van der Waals surface area contributed by atoms with E-state index in [1.54, 1.807) is 32.8 Å². The third-order valence-corrected chi connectivity index (χ3v) is 13.1. The molecule has 4 heterocycles. The smallest absolute Gasteiger partial charge is 0.408 e. The van der Waals surface area contributed by atoms with Crippen LogP contribution in [0.5, 0.6) is 0 Å². The van der Waals surface area contributed by atoms with E-state index in [0.29, 0.717) is 43.3 Å². The van der Waals surface area contributed by atoms with E-state index in [2.05, 4.69) is 76.1 Å². The molecular weight excluding hydrogens is 849 g/mol. The maximum absolute atomic E-state index is 14.6. The van der Waals surface area contributed by atoms with Gasteiger partial charge in [0, 0.05) is 36.9 Å². The molecule has 9 rings (SSSR count). The molecule has 67 heavy (non-hydrogen) atoms. The summed E-state index contributed by atoms with van der Waals surface area (Å²) in [7, 11) is 1.66. The molecule has 15 nitrogen and oxygen atoms in total. The van der Waals surface area contributed by atoms with Gasteiger partial charge in [-0.3, -0.25) is 9.59 Å². The zero-order valence-corrected chi connectivity index (χ0v) is 38.9. The van der Waals surface area contributed by atoms with E-state index in [-0.39, 0.29) is 35.6 Å². The van der Waals surface area contributed by atoms with Gasteiger partial charge < -0.3 is 45.0 Å². The molecule has 2 saturated heterocycles. The summed E-state index contributed by atoms with van der Waals surface area (Å²) >= 11 is 0. The molecule has 2 fully saturated rings. The number of aromatic amines is 2. The summed E-state index contributed by atoms with van der Waals surface area (Å²) in [4.78, 5) is 73.9. The van der Waals surface area contributed by atoms with E-state index < -0.39 is 35.9 Å². The van der Waals surface area contributed by atoms with Gasteiger partial charge in [0.05, 0.1) is 40.8 Å². The van der Waals surface area contributed by atoms with Gasteiger partial charge in [-0.25, -0.2) is 19.6 Å². The van der Waals surface area contributed by atoms with Crippen LogP contribution in [0.4, 0.5) is 9.59 Å². The SMILES string of the molecule is COC[C@H]1C[C@@H](c2nc3ccc4cc(-c5ccc6c(ccc7nc([C@@H]8C[C@H](C)CN8C(=O)[C@@H](NC(=O)O)C(C)C)[nH]c76)c5)ccc4c3[nH]2)N(C(=O)[C@H](NC(=O)OC(C)(C)C)c2ccccc2)C1. The van der Waals surface area contributed by atoms with Crippen LogP contribution < -0.4 is 10.6 Å². The number of benzene rings is 5. The number of nitrogens with one attached hydrogen (secondary N) is 4. The minimum atomic E-state index is -1.22. The Morgan fingerprint density at radius 2 is 1.33 bits per heavy atom. The van der Waals surface area contributed by atoms with Gasteiger partial charge in [-0.2, -0.15) is 0 Å². The molecule has 5 aromatic carbocycles. The van der Waals surface area contributed by atoms with Crippen LogP contribution in [0.15, 0.2) is 91.0 Å². The predicted octanol–water partition coefficient (Wildman–Crippen LogP) is 9.42. The van der Waals surface area contributed by atoms with Crippen molar-refractivity contribution >= 4 is 67.6 Å². The number of alkyl carbamates (subject to hydrolysis) is 1. The van der Waals surface area contributed by atoms with Gasteiger partial charge in [-0.05, 0) is 97.2 Å². The van der Waals surface area contributed by atoms with Crippen molar-refractivity contribution in [2.24, 2.45) is 17.8 Å². The minimum Gasteiger partial charge on any atom is -0.465 e. The molecule has 2 aromatic heterocycles. The summed E-state index contributed by atoms with van der Waals surface area (Å²) in [6.07, 6.45) is -0.541. The molecule has 5 N–H and O–H groups in total. The molecule has 15 heteroatoms. The number of aromatic nitrogens is 4. The Kier molecular flexibility index (Phi) is 12.1. The van der Waals surface area contributed by atoms with Crippen molar-refractivity contribution in [2.45, 2.75) is 84.2 Å². The summed E-state index contributed by atoms with van der Waals surface area (Å²) in [5, 5.41) is 18.8. The molecule has 0 unspecified atom stereocenters. The first-order valence-electron chi connectivity index (χ1n) is 23.0. The number of carbonyl (C=O) groups excluding carboxylic acids is 3. The molecule has 348 valence electrons. The van der Waals surface area contributed by atoms with Crippen molar-refractivity contribution < 1.29 is 33.8 Å². The van der Waals surface area contributed by atoms with Gasteiger partial charge in [0.15, 0.2) is 0 Å². The first kappa shape index (κ1) is 45.2. The van der Waals surface area contributed by atoms with Gasteiger partial charge in [0.2, 0.25) is 5.91 Å². The molecule has 4 amide bonds. The summed E-state index contributed by atoms with van der Waals surface area (Å²) in [6.45, 7) is 12.6. The first-order chi connectivity index (χ1) is 32.0. The second-order valence-corrected chi connectivity index (χ2v) is 19.6. The van der Waals surface area contributed by atoms with Gasteiger partial charge in [0.1, 0.15) is 29.3 Å². The lowest BCUT2D eigenvalue weighted by Gasteiger charge is -2.29. The van der Waals surface area contributed by atoms with Crippen LogP contribution in [0.25, 0.3) is 54.7 Å². The van der Waals surface area contributed by atoms with Crippen molar-refractivity contribution in [3.8, 4) is 11.1 Å². The van der Waals surface area contributed by atoms with Gasteiger partial charge in [-0.15, -0.1) is 0 Å². The number of amides is 4. The summed E-state index contributed by atoms with van der Waals surface area (Å²) in [5.41, 5.74) is 5.34. The highest BCUT2D eigenvalue weighted by Crippen LogP contribution is 2.40. The average molecular weight is 907 g/mol. The third-order valence-electron chi connectivity index (χ3n) is 13.1.